The second-order valence-corrected chi connectivity index (χ2v) is 6.53. The first-order chi connectivity index (χ1) is 12.7. The molecule has 0 saturated carbocycles. The Morgan fingerprint density at radius 2 is 1.27 bits per heavy atom. The number of fused-ring (bicyclic) bond motifs is 2. The lowest BCUT2D eigenvalue weighted by Crippen LogP contribution is -2.44. The molecule has 0 aliphatic carbocycles. The lowest BCUT2D eigenvalue weighted by molar-refractivity contribution is 0.211. The van der Waals surface area contributed by atoms with Crippen molar-refractivity contribution in [3.63, 3.8) is 0 Å². The molecule has 0 aromatic heterocycles. The topological polar surface area (TPSA) is 26.8 Å². The summed E-state index contributed by atoms with van der Waals surface area (Å²) in [7, 11) is 0. The molecule has 0 bridgehead atoms. The molecule has 2 aromatic rings. The third-order valence-electron chi connectivity index (χ3n) is 5.35. The Labute approximate surface area is 157 Å². The number of amides is 2. The van der Waals surface area contributed by atoms with Crippen LogP contribution in [0.3, 0.4) is 0 Å². The van der Waals surface area contributed by atoms with Crippen LogP contribution in [0.2, 0.25) is 0 Å². The van der Waals surface area contributed by atoms with Crippen molar-refractivity contribution in [2.24, 2.45) is 0 Å². The molecule has 1 aliphatic heterocycles. The molecule has 0 saturated heterocycles. The summed E-state index contributed by atoms with van der Waals surface area (Å²) in [5, 5.41) is 0. The van der Waals surface area contributed by atoms with Crippen LogP contribution in [0.1, 0.15) is 44.9 Å². The predicted molar refractivity (Wildman–Crippen MR) is 108 cm³/mol. The van der Waals surface area contributed by atoms with E-state index in [0.717, 1.165) is 24.5 Å². The molecule has 3 rings (SSSR count). The third-order valence-corrected chi connectivity index (χ3v) is 5.35. The highest BCUT2D eigenvalue weighted by Gasteiger charge is 2.36. The zero-order chi connectivity index (χ0) is 18.7. The number of rotatable bonds is 5. The largest absolute Gasteiger partial charge is 0.329 e. The molecule has 0 N–H and O–H groups in total. The molecular weight excluding hydrogens is 322 g/mol. The number of carbonyl (C=O) groups is 1. The maximum Gasteiger partial charge on any atom is 0.329 e. The van der Waals surface area contributed by atoms with E-state index in [4.69, 9.17) is 0 Å². The Morgan fingerprint density at radius 3 is 1.69 bits per heavy atom. The van der Waals surface area contributed by atoms with Gasteiger partial charge in [0.25, 0.3) is 0 Å². The van der Waals surface area contributed by atoms with Crippen LogP contribution in [0.5, 0.6) is 0 Å². The van der Waals surface area contributed by atoms with Crippen LogP contribution in [-0.2, 0) is 0 Å². The summed E-state index contributed by atoms with van der Waals surface area (Å²) in [4.78, 5) is 19.6. The van der Waals surface area contributed by atoms with Gasteiger partial charge in [0.1, 0.15) is 0 Å². The van der Waals surface area contributed by atoms with E-state index >= 15 is 0 Å². The van der Waals surface area contributed by atoms with Crippen LogP contribution < -0.4 is 4.90 Å². The van der Waals surface area contributed by atoms with Gasteiger partial charge in [-0.05, 0) is 50.2 Å². The van der Waals surface area contributed by atoms with Crippen molar-refractivity contribution in [1.82, 2.24) is 9.80 Å². The van der Waals surface area contributed by atoms with E-state index in [0.29, 0.717) is 13.1 Å². The molecule has 0 atom stereocenters. The quantitative estimate of drug-likeness (QED) is 0.755. The van der Waals surface area contributed by atoms with Crippen molar-refractivity contribution in [2.45, 2.75) is 33.7 Å². The van der Waals surface area contributed by atoms with Crippen LogP contribution in [0, 0.1) is 0 Å². The number of nitrogens with zero attached hydrogens (tertiary/aromatic N) is 3. The smallest absolute Gasteiger partial charge is 0.325 e. The summed E-state index contributed by atoms with van der Waals surface area (Å²) in [6, 6.07) is 16.9. The molecular formula is C22H29N3O. The zero-order valence-corrected chi connectivity index (χ0v) is 16.3. The first kappa shape index (κ1) is 18.5. The van der Waals surface area contributed by atoms with Crippen molar-refractivity contribution >= 4 is 17.4 Å². The van der Waals surface area contributed by atoms with Gasteiger partial charge in [-0.2, -0.15) is 0 Å². The Bertz CT molecular complexity index is 718. The summed E-state index contributed by atoms with van der Waals surface area (Å²) in [6.45, 7) is 11.8. The van der Waals surface area contributed by atoms with Gasteiger partial charge in [0, 0.05) is 13.1 Å². The third kappa shape index (κ3) is 2.99. The van der Waals surface area contributed by atoms with Gasteiger partial charge in [-0.25, -0.2) is 4.79 Å². The summed E-state index contributed by atoms with van der Waals surface area (Å²) in [6.07, 6.45) is 0. The van der Waals surface area contributed by atoms with Gasteiger partial charge in [-0.15, -0.1) is 0 Å². The molecule has 4 nitrogen and oxygen atoms in total. The van der Waals surface area contributed by atoms with Gasteiger partial charge in [0.15, 0.2) is 0 Å². The van der Waals surface area contributed by atoms with Gasteiger partial charge in [0.05, 0.1) is 17.4 Å². The fourth-order valence-corrected chi connectivity index (χ4v) is 3.97. The lowest BCUT2D eigenvalue weighted by atomic mass is 9.89. The first-order valence-electron chi connectivity index (χ1n) is 9.68. The molecule has 1 aliphatic rings. The van der Waals surface area contributed by atoms with Crippen LogP contribution in [-0.4, -0.2) is 42.0 Å². The predicted octanol–water partition coefficient (Wildman–Crippen LogP) is 5.03. The lowest BCUT2D eigenvalue weighted by Gasteiger charge is -2.42. The Balaban J connectivity index is 2.21. The van der Waals surface area contributed by atoms with Crippen molar-refractivity contribution in [2.75, 3.05) is 31.1 Å². The second-order valence-electron chi connectivity index (χ2n) is 6.53. The molecule has 0 fully saturated rings. The number of hydrogen-bond donors (Lipinski definition) is 0. The normalized spacial score (nSPS) is 13.5. The molecule has 0 spiro atoms. The van der Waals surface area contributed by atoms with Gasteiger partial charge < -0.3 is 4.90 Å². The minimum Gasteiger partial charge on any atom is -0.325 e. The highest BCUT2D eigenvalue weighted by atomic mass is 16.2. The minimum atomic E-state index is 0.0490. The highest BCUT2D eigenvalue weighted by Crippen LogP contribution is 2.47. The van der Waals surface area contributed by atoms with Crippen molar-refractivity contribution in [3.05, 3.63) is 59.7 Å². The molecule has 2 amide bonds. The fourth-order valence-electron chi connectivity index (χ4n) is 3.97. The minimum absolute atomic E-state index is 0.0490. The average molecular weight is 351 g/mol. The van der Waals surface area contributed by atoms with Crippen LogP contribution >= 0.6 is 0 Å². The van der Waals surface area contributed by atoms with E-state index in [1.165, 1.54) is 11.1 Å². The second kappa shape index (κ2) is 7.92. The SMILES string of the molecule is CCN(CC)C(=O)N1c2ccccc2C(N(CC)CC)c2ccccc21. The molecule has 138 valence electrons. The number of hydrogen-bond acceptors (Lipinski definition) is 2. The summed E-state index contributed by atoms with van der Waals surface area (Å²) < 4.78 is 0. The molecule has 26 heavy (non-hydrogen) atoms. The van der Waals surface area contributed by atoms with E-state index in [-0.39, 0.29) is 12.1 Å². The maximum atomic E-state index is 13.3. The van der Waals surface area contributed by atoms with E-state index in [1.807, 2.05) is 35.8 Å². The maximum absolute atomic E-state index is 13.3. The van der Waals surface area contributed by atoms with Gasteiger partial charge >= 0.3 is 6.03 Å². The summed E-state index contributed by atoms with van der Waals surface area (Å²) in [5.74, 6) is 0. The van der Waals surface area contributed by atoms with Crippen LogP contribution in [0.4, 0.5) is 16.2 Å². The van der Waals surface area contributed by atoms with E-state index < -0.39 is 0 Å². The van der Waals surface area contributed by atoms with Crippen LogP contribution in [0.15, 0.2) is 48.5 Å². The van der Waals surface area contributed by atoms with Crippen molar-refractivity contribution in [3.8, 4) is 0 Å². The molecule has 0 unspecified atom stereocenters. The van der Waals surface area contributed by atoms with E-state index in [1.54, 1.807) is 0 Å². The van der Waals surface area contributed by atoms with E-state index in [9.17, 15) is 4.79 Å². The van der Waals surface area contributed by atoms with Gasteiger partial charge in [0.2, 0.25) is 0 Å². The molecule has 1 heterocycles. The molecule has 4 heteroatoms. The van der Waals surface area contributed by atoms with Crippen LogP contribution in [0.25, 0.3) is 0 Å². The standard InChI is InChI=1S/C22H29N3O/c1-5-23(6-2)21-17-13-9-11-15-19(17)25(22(26)24(7-3)8-4)20-16-12-10-14-18(20)21/h9-16,21H,5-8H2,1-4H3. The number of benzene rings is 2. The summed E-state index contributed by atoms with van der Waals surface area (Å²) >= 11 is 0. The summed E-state index contributed by atoms with van der Waals surface area (Å²) in [5.41, 5.74) is 4.41. The average Bonchev–Trinajstić information content (AvgIpc) is 2.69. The van der Waals surface area contributed by atoms with Gasteiger partial charge in [-0.1, -0.05) is 50.2 Å². The monoisotopic (exact) mass is 351 g/mol. The highest BCUT2D eigenvalue weighted by molar-refractivity contribution is 6.02. The number of urea groups is 1. The van der Waals surface area contributed by atoms with E-state index in [2.05, 4.69) is 55.1 Å². The van der Waals surface area contributed by atoms with Gasteiger partial charge in [-0.3, -0.25) is 9.80 Å². The number of para-hydroxylation sites is 2. The molecule has 0 radical (unpaired) electrons. The first-order valence-corrected chi connectivity index (χ1v) is 9.68. The number of carbonyl (C=O) groups excluding carboxylic acids is 1. The Hall–Kier alpha value is -2.33. The fraction of sp³-hybridized carbons (Fsp3) is 0.409. The Morgan fingerprint density at radius 1 is 0.808 bits per heavy atom. The van der Waals surface area contributed by atoms with Crippen molar-refractivity contribution < 1.29 is 4.79 Å². The van der Waals surface area contributed by atoms with Crippen molar-refractivity contribution in [1.29, 1.82) is 0 Å². The Kier molecular flexibility index (Phi) is 5.62. The zero-order valence-electron chi connectivity index (χ0n) is 16.3. The number of anilines is 2. The molecule has 2 aromatic carbocycles.